The number of hydrogen-bond acceptors (Lipinski definition) is 4. The van der Waals surface area contributed by atoms with Gasteiger partial charge in [0.15, 0.2) is 0 Å². The Kier molecular flexibility index (Phi) is 8.55. The molecule has 3 rings (SSSR count). The van der Waals surface area contributed by atoms with Crippen molar-refractivity contribution in [2.45, 2.75) is 18.9 Å². The molecule has 0 bridgehead atoms. The average Bonchev–Trinajstić information content (AvgIpc) is 2.78. The number of piperazine rings is 1. The highest BCUT2D eigenvalue weighted by Crippen LogP contribution is 2.16. The molecule has 166 valence electrons. The summed E-state index contributed by atoms with van der Waals surface area (Å²) in [5.74, 6) is -0.672. The minimum Gasteiger partial charge on any atom is -0.352 e. The highest BCUT2D eigenvalue weighted by atomic mass is 19.1. The molecular weight excluding hydrogens is 395 g/mol. The van der Waals surface area contributed by atoms with Gasteiger partial charge in [-0.3, -0.25) is 14.5 Å². The summed E-state index contributed by atoms with van der Waals surface area (Å²) in [7, 11) is 2.13. The molecule has 2 aromatic rings. The SMILES string of the molecule is CN1CCN(CC(NC(=O)CCCNC(=O)c2ccc(F)cc2)c2ccccc2)CC1. The number of amides is 2. The van der Waals surface area contributed by atoms with Gasteiger partial charge in [-0.25, -0.2) is 4.39 Å². The minimum absolute atomic E-state index is 0.0287. The maximum absolute atomic E-state index is 13.0. The zero-order chi connectivity index (χ0) is 22.1. The topological polar surface area (TPSA) is 64.7 Å². The van der Waals surface area contributed by atoms with Gasteiger partial charge in [0.1, 0.15) is 5.82 Å². The van der Waals surface area contributed by atoms with E-state index in [1.165, 1.54) is 24.3 Å². The number of carbonyl (C=O) groups is 2. The van der Waals surface area contributed by atoms with Crippen molar-refractivity contribution >= 4 is 11.8 Å². The second-order valence-corrected chi connectivity index (χ2v) is 8.00. The molecule has 6 nitrogen and oxygen atoms in total. The second-order valence-electron chi connectivity index (χ2n) is 8.00. The number of likely N-dealkylation sites (N-methyl/N-ethyl adjacent to an activating group) is 1. The van der Waals surface area contributed by atoms with Crippen LogP contribution in [0.25, 0.3) is 0 Å². The lowest BCUT2D eigenvalue weighted by molar-refractivity contribution is -0.122. The molecule has 1 unspecified atom stereocenters. The molecule has 31 heavy (non-hydrogen) atoms. The Morgan fingerprint density at radius 3 is 2.35 bits per heavy atom. The van der Waals surface area contributed by atoms with Crippen molar-refractivity contribution < 1.29 is 14.0 Å². The van der Waals surface area contributed by atoms with Gasteiger partial charge in [-0.05, 0) is 43.3 Å². The van der Waals surface area contributed by atoms with E-state index in [4.69, 9.17) is 0 Å². The average molecular weight is 427 g/mol. The molecule has 1 atom stereocenters. The number of nitrogens with zero attached hydrogens (tertiary/aromatic N) is 2. The molecule has 0 aromatic heterocycles. The van der Waals surface area contributed by atoms with E-state index >= 15 is 0 Å². The molecule has 0 spiro atoms. The summed E-state index contributed by atoms with van der Waals surface area (Å²) >= 11 is 0. The number of hydrogen-bond donors (Lipinski definition) is 2. The largest absolute Gasteiger partial charge is 0.352 e. The van der Waals surface area contributed by atoms with Crippen LogP contribution in [-0.4, -0.2) is 67.9 Å². The molecule has 0 aliphatic carbocycles. The molecule has 2 N–H and O–H groups in total. The van der Waals surface area contributed by atoms with E-state index in [1.807, 2.05) is 30.3 Å². The molecule has 7 heteroatoms. The third-order valence-corrected chi connectivity index (χ3v) is 5.55. The van der Waals surface area contributed by atoms with Crippen LogP contribution in [0.4, 0.5) is 4.39 Å². The van der Waals surface area contributed by atoms with Crippen molar-refractivity contribution in [3.8, 4) is 0 Å². The molecule has 0 radical (unpaired) electrons. The summed E-state index contributed by atoms with van der Waals surface area (Å²) in [5.41, 5.74) is 1.50. The van der Waals surface area contributed by atoms with Crippen LogP contribution < -0.4 is 10.6 Å². The molecule has 1 heterocycles. The molecule has 2 aromatic carbocycles. The van der Waals surface area contributed by atoms with Crippen LogP contribution in [0.1, 0.15) is 34.8 Å². The van der Waals surface area contributed by atoms with Gasteiger partial charge in [-0.15, -0.1) is 0 Å². The van der Waals surface area contributed by atoms with Gasteiger partial charge in [0.2, 0.25) is 5.91 Å². The van der Waals surface area contributed by atoms with E-state index < -0.39 is 0 Å². The summed E-state index contributed by atoms with van der Waals surface area (Å²) in [5, 5.41) is 5.94. The van der Waals surface area contributed by atoms with Crippen LogP contribution in [-0.2, 0) is 4.79 Å². The monoisotopic (exact) mass is 426 g/mol. The standard InChI is InChI=1S/C24H31FN4O2/c1-28-14-16-29(17-15-28)18-22(19-6-3-2-4-7-19)27-23(30)8-5-13-26-24(31)20-9-11-21(25)12-10-20/h2-4,6-7,9-12,22H,5,8,13-18H2,1H3,(H,26,31)(H,27,30). The van der Waals surface area contributed by atoms with Gasteiger partial charge in [-0.1, -0.05) is 30.3 Å². The van der Waals surface area contributed by atoms with Crippen LogP contribution in [0.5, 0.6) is 0 Å². The molecule has 1 saturated heterocycles. The Morgan fingerprint density at radius 1 is 1.00 bits per heavy atom. The first-order chi connectivity index (χ1) is 15.0. The van der Waals surface area contributed by atoms with Crippen LogP contribution in [0.15, 0.2) is 54.6 Å². The van der Waals surface area contributed by atoms with E-state index in [9.17, 15) is 14.0 Å². The van der Waals surface area contributed by atoms with Crippen molar-refractivity contribution in [2.75, 3.05) is 46.3 Å². The number of halogens is 1. The maximum atomic E-state index is 13.0. The quantitative estimate of drug-likeness (QED) is 0.605. The zero-order valence-electron chi connectivity index (χ0n) is 18.0. The molecule has 1 aliphatic rings. The van der Waals surface area contributed by atoms with Crippen LogP contribution in [0.2, 0.25) is 0 Å². The molecular formula is C24H31FN4O2. The van der Waals surface area contributed by atoms with Crippen LogP contribution in [0, 0.1) is 5.82 Å². The fourth-order valence-electron chi connectivity index (χ4n) is 3.63. The van der Waals surface area contributed by atoms with Crippen molar-refractivity contribution in [3.63, 3.8) is 0 Å². The maximum Gasteiger partial charge on any atom is 0.251 e. The van der Waals surface area contributed by atoms with E-state index in [2.05, 4.69) is 27.5 Å². The number of benzene rings is 2. The van der Waals surface area contributed by atoms with Crippen LogP contribution >= 0.6 is 0 Å². The summed E-state index contributed by atoms with van der Waals surface area (Å²) < 4.78 is 13.0. The predicted octanol–water partition coefficient (Wildman–Crippen LogP) is 2.44. The van der Waals surface area contributed by atoms with E-state index in [1.54, 1.807) is 0 Å². The second kappa shape index (κ2) is 11.6. The lowest BCUT2D eigenvalue weighted by atomic mass is 10.1. The highest BCUT2D eigenvalue weighted by Gasteiger charge is 2.21. The summed E-state index contributed by atoms with van der Waals surface area (Å²) in [6.07, 6.45) is 0.866. The first kappa shape index (κ1) is 22.9. The van der Waals surface area contributed by atoms with Crippen LogP contribution in [0.3, 0.4) is 0 Å². The highest BCUT2D eigenvalue weighted by molar-refractivity contribution is 5.94. The Labute approximate surface area is 183 Å². The van der Waals surface area contributed by atoms with Gasteiger partial charge >= 0.3 is 0 Å². The first-order valence-electron chi connectivity index (χ1n) is 10.8. The summed E-state index contributed by atoms with van der Waals surface area (Å²) in [4.78, 5) is 29.3. The Balaban J connectivity index is 1.46. The molecule has 2 amide bonds. The van der Waals surface area contributed by atoms with Gasteiger partial charge in [0, 0.05) is 51.3 Å². The third-order valence-electron chi connectivity index (χ3n) is 5.55. The third kappa shape index (κ3) is 7.45. The van der Waals surface area contributed by atoms with Crippen molar-refractivity contribution in [1.82, 2.24) is 20.4 Å². The van der Waals surface area contributed by atoms with Gasteiger partial charge in [0.05, 0.1) is 6.04 Å². The Morgan fingerprint density at radius 2 is 1.68 bits per heavy atom. The molecule has 1 fully saturated rings. The smallest absolute Gasteiger partial charge is 0.251 e. The lowest BCUT2D eigenvalue weighted by Crippen LogP contribution is -2.47. The Bertz CT molecular complexity index is 836. The zero-order valence-corrected chi connectivity index (χ0v) is 18.0. The minimum atomic E-state index is -0.377. The van der Waals surface area contributed by atoms with Gasteiger partial charge < -0.3 is 15.5 Å². The number of carbonyl (C=O) groups excluding carboxylic acids is 2. The summed E-state index contributed by atoms with van der Waals surface area (Å²) in [6.45, 7) is 5.21. The molecule has 0 saturated carbocycles. The number of nitrogens with one attached hydrogen (secondary N) is 2. The van der Waals surface area contributed by atoms with Crippen molar-refractivity contribution in [1.29, 1.82) is 0 Å². The van der Waals surface area contributed by atoms with Crippen molar-refractivity contribution in [2.24, 2.45) is 0 Å². The van der Waals surface area contributed by atoms with E-state index in [-0.39, 0.29) is 23.7 Å². The normalized spacial score (nSPS) is 15.9. The number of rotatable bonds is 9. The molecule has 1 aliphatic heterocycles. The van der Waals surface area contributed by atoms with Gasteiger partial charge in [0.25, 0.3) is 5.91 Å². The Hall–Kier alpha value is -2.77. The van der Waals surface area contributed by atoms with Gasteiger partial charge in [-0.2, -0.15) is 0 Å². The summed E-state index contributed by atoms with van der Waals surface area (Å²) in [6, 6.07) is 15.4. The van der Waals surface area contributed by atoms with Crippen molar-refractivity contribution in [3.05, 3.63) is 71.5 Å². The van der Waals surface area contributed by atoms with E-state index in [0.717, 1.165) is 38.3 Å². The first-order valence-corrected chi connectivity index (χ1v) is 10.8. The fraction of sp³-hybridized carbons (Fsp3) is 0.417. The van der Waals surface area contributed by atoms with E-state index in [0.29, 0.717) is 24.9 Å². The predicted molar refractivity (Wildman–Crippen MR) is 119 cm³/mol. The lowest BCUT2D eigenvalue weighted by Gasteiger charge is -2.35. The fourth-order valence-corrected chi connectivity index (χ4v) is 3.63.